The lowest BCUT2D eigenvalue weighted by Crippen LogP contribution is -2.54. The number of carbonyl (C=O) groups is 3. The number of aryl methyl sites for hydroxylation is 1. The molecule has 2 aromatic carbocycles. The van der Waals surface area contributed by atoms with Crippen LogP contribution in [0, 0.1) is 5.92 Å². The highest BCUT2D eigenvalue weighted by molar-refractivity contribution is 6.03. The maximum Gasteiger partial charge on any atom is 0.411 e. The van der Waals surface area contributed by atoms with Crippen LogP contribution in [0.15, 0.2) is 54.7 Å². The lowest BCUT2D eigenvalue weighted by molar-refractivity contribution is -0.144. The fraction of sp³-hybridized carbons (Fsp3) is 0.308. The number of hydrogen-bond acceptors (Lipinski definition) is 5. The predicted molar refractivity (Wildman–Crippen MR) is 128 cm³/mol. The van der Waals surface area contributed by atoms with E-state index in [4.69, 9.17) is 4.74 Å². The molecule has 9 nitrogen and oxygen atoms in total. The van der Waals surface area contributed by atoms with Gasteiger partial charge < -0.3 is 15.2 Å². The standard InChI is InChI=1S/C26H26N4O5/c1-26(24(32)33,15-11-12-15)29-23(31)22-21(13-27-30(22)2)28-25(34)35-14-20-18-9-5-3-7-16(18)17-8-4-6-10-19(17)20/h3-10,13,15,20H,11-12,14H2,1-2H3,(H,28,34)(H,29,31)(H,32,33). The smallest absolute Gasteiger partial charge is 0.411 e. The number of hydrogen-bond donors (Lipinski definition) is 3. The third kappa shape index (κ3) is 4.03. The lowest BCUT2D eigenvalue weighted by atomic mass is 9.95. The summed E-state index contributed by atoms with van der Waals surface area (Å²) in [6.07, 6.45) is 2.08. The van der Waals surface area contributed by atoms with Gasteiger partial charge in [0, 0.05) is 13.0 Å². The summed E-state index contributed by atoms with van der Waals surface area (Å²) >= 11 is 0. The molecule has 1 saturated carbocycles. The number of carboxylic acid groups (broad SMARTS) is 1. The summed E-state index contributed by atoms with van der Waals surface area (Å²) in [7, 11) is 1.55. The third-order valence-corrected chi connectivity index (χ3v) is 6.95. The fourth-order valence-electron chi connectivity index (χ4n) is 4.83. The van der Waals surface area contributed by atoms with Crippen LogP contribution in [0.2, 0.25) is 0 Å². The Balaban J connectivity index is 1.29. The molecule has 0 radical (unpaired) electrons. The number of aliphatic carboxylic acids is 1. The summed E-state index contributed by atoms with van der Waals surface area (Å²) in [5.41, 5.74) is 3.24. The molecule has 2 aliphatic carbocycles. The molecule has 1 heterocycles. The topological polar surface area (TPSA) is 123 Å². The largest absolute Gasteiger partial charge is 0.480 e. The fourth-order valence-corrected chi connectivity index (χ4v) is 4.83. The molecule has 1 unspecified atom stereocenters. The zero-order valence-electron chi connectivity index (χ0n) is 19.4. The van der Waals surface area contributed by atoms with Crippen LogP contribution in [0.25, 0.3) is 11.1 Å². The van der Waals surface area contributed by atoms with Gasteiger partial charge in [0.1, 0.15) is 17.8 Å². The van der Waals surface area contributed by atoms with Crippen LogP contribution in [0.4, 0.5) is 10.5 Å². The quantitative estimate of drug-likeness (QED) is 0.479. The molecule has 1 aromatic heterocycles. The van der Waals surface area contributed by atoms with Crippen LogP contribution in [0.5, 0.6) is 0 Å². The van der Waals surface area contributed by atoms with E-state index in [1.165, 1.54) is 17.8 Å². The Morgan fingerprint density at radius 3 is 2.26 bits per heavy atom. The second-order valence-electron chi connectivity index (χ2n) is 9.22. The molecule has 9 heteroatoms. The predicted octanol–water partition coefficient (Wildman–Crippen LogP) is 3.76. The van der Waals surface area contributed by atoms with Gasteiger partial charge in [-0.2, -0.15) is 5.10 Å². The molecule has 0 saturated heterocycles. The minimum absolute atomic E-state index is 0.0478. The van der Waals surface area contributed by atoms with E-state index < -0.39 is 23.5 Å². The zero-order chi connectivity index (χ0) is 24.7. The summed E-state index contributed by atoms with van der Waals surface area (Å²) in [4.78, 5) is 37.5. The van der Waals surface area contributed by atoms with Gasteiger partial charge in [-0.15, -0.1) is 0 Å². The number of benzene rings is 2. The second-order valence-corrected chi connectivity index (χ2v) is 9.22. The molecule has 2 aliphatic rings. The van der Waals surface area contributed by atoms with E-state index in [9.17, 15) is 19.5 Å². The summed E-state index contributed by atoms with van der Waals surface area (Å²) in [6.45, 7) is 1.63. The van der Waals surface area contributed by atoms with Gasteiger partial charge in [-0.05, 0) is 47.9 Å². The Kier molecular flexibility index (Phi) is 5.55. The van der Waals surface area contributed by atoms with Crippen molar-refractivity contribution in [2.45, 2.75) is 31.2 Å². The molecule has 0 bridgehead atoms. The van der Waals surface area contributed by atoms with Crippen LogP contribution in [-0.2, 0) is 16.6 Å². The molecule has 1 fully saturated rings. The van der Waals surface area contributed by atoms with Gasteiger partial charge in [-0.3, -0.25) is 14.8 Å². The van der Waals surface area contributed by atoms with Crippen molar-refractivity contribution >= 4 is 23.7 Å². The average molecular weight is 475 g/mol. The van der Waals surface area contributed by atoms with Gasteiger partial charge in [-0.25, -0.2) is 9.59 Å². The molecular formula is C26H26N4O5. The number of aromatic nitrogens is 2. The van der Waals surface area contributed by atoms with E-state index in [1.807, 2.05) is 36.4 Å². The number of nitrogens with zero attached hydrogens (tertiary/aromatic N) is 2. The highest BCUT2D eigenvalue weighted by Gasteiger charge is 2.49. The molecule has 3 N–H and O–H groups in total. The first-order chi connectivity index (χ1) is 16.8. The number of anilines is 1. The number of ether oxygens (including phenoxy) is 1. The van der Waals surface area contributed by atoms with Crippen molar-refractivity contribution < 1.29 is 24.2 Å². The van der Waals surface area contributed by atoms with Crippen LogP contribution < -0.4 is 10.6 Å². The zero-order valence-corrected chi connectivity index (χ0v) is 19.4. The molecule has 3 aromatic rings. The summed E-state index contributed by atoms with van der Waals surface area (Å²) in [5.74, 6) is -1.95. The van der Waals surface area contributed by atoms with Gasteiger partial charge in [0.25, 0.3) is 5.91 Å². The Morgan fingerprint density at radius 1 is 1.09 bits per heavy atom. The van der Waals surface area contributed by atoms with Crippen molar-refractivity contribution in [3.05, 3.63) is 71.5 Å². The van der Waals surface area contributed by atoms with Crippen molar-refractivity contribution in [2.24, 2.45) is 13.0 Å². The van der Waals surface area contributed by atoms with Gasteiger partial charge in [0.05, 0.1) is 11.9 Å². The molecule has 35 heavy (non-hydrogen) atoms. The van der Waals surface area contributed by atoms with Crippen molar-refractivity contribution in [1.82, 2.24) is 15.1 Å². The van der Waals surface area contributed by atoms with Crippen molar-refractivity contribution in [3.63, 3.8) is 0 Å². The molecule has 0 aliphatic heterocycles. The van der Waals surface area contributed by atoms with Crippen LogP contribution in [-0.4, -0.2) is 45.0 Å². The molecular weight excluding hydrogens is 448 g/mol. The van der Waals surface area contributed by atoms with E-state index in [2.05, 4.69) is 27.9 Å². The van der Waals surface area contributed by atoms with Crippen molar-refractivity contribution in [2.75, 3.05) is 11.9 Å². The van der Waals surface area contributed by atoms with Crippen LogP contribution in [0.3, 0.4) is 0 Å². The first-order valence-corrected chi connectivity index (χ1v) is 11.5. The molecule has 0 spiro atoms. The first kappa shape index (κ1) is 22.6. The van der Waals surface area contributed by atoms with E-state index >= 15 is 0 Å². The maximum absolute atomic E-state index is 13.0. The third-order valence-electron chi connectivity index (χ3n) is 6.95. The molecule has 2 amide bonds. The van der Waals surface area contributed by atoms with Crippen LogP contribution >= 0.6 is 0 Å². The Hall–Kier alpha value is -4.14. The minimum Gasteiger partial charge on any atom is -0.480 e. The average Bonchev–Trinajstić information content (AvgIpc) is 3.57. The van der Waals surface area contributed by atoms with Gasteiger partial charge in [0.2, 0.25) is 0 Å². The first-order valence-electron chi connectivity index (χ1n) is 11.5. The Labute approximate surface area is 202 Å². The second kappa shape index (κ2) is 8.57. The van der Waals surface area contributed by atoms with Crippen molar-refractivity contribution in [3.8, 4) is 11.1 Å². The maximum atomic E-state index is 13.0. The van der Waals surface area contributed by atoms with Crippen molar-refractivity contribution in [1.29, 1.82) is 0 Å². The highest BCUT2D eigenvalue weighted by atomic mass is 16.5. The number of carbonyl (C=O) groups excluding carboxylic acids is 2. The van der Waals surface area contributed by atoms with E-state index in [0.29, 0.717) is 0 Å². The van der Waals surface area contributed by atoms with Gasteiger partial charge >= 0.3 is 12.1 Å². The molecule has 1 atom stereocenters. The number of amides is 2. The summed E-state index contributed by atoms with van der Waals surface area (Å²) < 4.78 is 6.86. The number of fused-ring (bicyclic) bond motifs is 3. The van der Waals surface area contributed by atoms with Gasteiger partial charge in [0.15, 0.2) is 0 Å². The van der Waals surface area contributed by atoms with E-state index in [1.54, 1.807) is 7.05 Å². The lowest BCUT2D eigenvalue weighted by Gasteiger charge is -2.26. The van der Waals surface area contributed by atoms with Crippen LogP contribution in [0.1, 0.15) is 47.3 Å². The van der Waals surface area contributed by atoms with E-state index in [0.717, 1.165) is 35.1 Å². The summed E-state index contributed by atoms with van der Waals surface area (Å²) in [5, 5.41) is 18.9. The Morgan fingerprint density at radius 2 is 1.69 bits per heavy atom. The SMILES string of the molecule is Cn1ncc(NC(=O)OCC2c3ccccc3-c3ccccc32)c1C(=O)NC(C)(C(=O)O)C1CC1. The number of nitrogens with one attached hydrogen (secondary N) is 2. The molecule has 180 valence electrons. The highest BCUT2D eigenvalue weighted by Crippen LogP contribution is 2.44. The summed E-state index contributed by atoms with van der Waals surface area (Å²) in [6, 6.07) is 16.1. The molecule has 5 rings (SSSR count). The number of rotatable bonds is 7. The normalized spacial score (nSPS) is 16.1. The number of carboxylic acids is 1. The monoisotopic (exact) mass is 474 g/mol. The van der Waals surface area contributed by atoms with E-state index in [-0.39, 0.29) is 29.8 Å². The minimum atomic E-state index is -1.39. The van der Waals surface area contributed by atoms with Gasteiger partial charge in [-0.1, -0.05) is 48.5 Å². The Bertz CT molecular complexity index is 1280.